The van der Waals surface area contributed by atoms with E-state index in [0.717, 1.165) is 0 Å². The summed E-state index contributed by atoms with van der Waals surface area (Å²) in [7, 11) is 0. The van der Waals surface area contributed by atoms with Gasteiger partial charge in [-0.2, -0.15) is 0 Å². The van der Waals surface area contributed by atoms with Crippen LogP contribution in [0.15, 0.2) is 0 Å². The molecular formula is C13H16ClF5N2. The summed E-state index contributed by atoms with van der Waals surface area (Å²) in [6.07, 6.45) is 0.262. The molecular weight excluding hydrogens is 315 g/mol. The van der Waals surface area contributed by atoms with E-state index in [0.29, 0.717) is 26.2 Å². The first-order chi connectivity index (χ1) is 9.49. The second kappa shape index (κ2) is 7.38. The molecule has 0 amide bonds. The highest BCUT2D eigenvalue weighted by Gasteiger charge is 2.32. The fourth-order valence-electron chi connectivity index (χ4n) is 2.55. The first kappa shape index (κ1) is 18.1. The van der Waals surface area contributed by atoms with E-state index in [1.165, 1.54) is 0 Å². The molecule has 1 aliphatic heterocycles. The Morgan fingerprint density at radius 1 is 0.905 bits per heavy atom. The van der Waals surface area contributed by atoms with Crippen molar-refractivity contribution in [3.05, 3.63) is 34.6 Å². The lowest BCUT2D eigenvalue weighted by atomic mass is 9.99. The monoisotopic (exact) mass is 330 g/mol. The first-order valence-corrected chi connectivity index (χ1v) is 6.45. The molecule has 0 aromatic heterocycles. The molecule has 1 aromatic carbocycles. The lowest BCUT2D eigenvalue weighted by Gasteiger charge is -2.35. The molecule has 1 fully saturated rings. The molecule has 1 aliphatic rings. The smallest absolute Gasteiger partial charge is 0.200 e. The predicted molar refractivity (Wildman–Crippen MR) is 71.0 cm³/mol. The summed E-state index contributed by atoms with van der Waals surface area (Å²) >= 11 is 0. The lowest BCUT2D eigenvalue weighted by molar-refractivity contribution is 0.160. The van der Waals surface area contributed by atoms with Gasteiger partial charge >= 0.3 is 0 Å². The number of benzene rings is 1. The second-order valence-corrected chi connectivity index (χ2v) is 4.69. The van der Waals surface area contributed by atoms with E-state index in [2.05, 4.69) is 5.32 Å². The predicted octanol–water partition coefficient (Wildman–Crippen LogP) is 3.16. The van der Waals surface area contributed by atoms with Crippen molar-refractivity contribution < 1.29 is 22.0 Å². The van der Waals surface area contributed by atoms with Crippen LogP contribution in [0.25, 0.3) is 0 Å². The number of nitrogens with one attached hydrogen (secondary N) is 1. The van der Waals surface area contributed by atoms with Gasteiger partial charge < -0.3 is 5.32 Å². The largest absolute Gasteiger partial charge is 0.314 e. The Kier molecular flexibility index (Phi) is 6.37. The first-order valence-electron chi connectivity index (χ1n) is 6.45. The van der Waals surface area contributed by atoms with Crippen molar-refractivity contribution in [1.82, 2.24) is 10.2 Å². The van der Waals surface area contributed by atoms with E-state index in [-0.39, 0.29) is 18.8 Å². The molecule has 1 atom stereocenters. The topological polar surface area (TPSA) is 15.3 Å². The highest BCUT2D eigenvalue weighted by Crippen LogP contribution is 2.33. The number of piperazine rings is 1. The van der Waals surface area contributed by atoms with Gasteiger partial charge in [-0.3, -0.25) is 4.90 Å². The van der Waals surface area contributed by atoms with Crippen molar-refractivity contribution in [3.63, 3.8) is 0 Å². The molecule has 0 aliphatic carbocycles. The van der Waals surface area contributed by atoms with Crippen molar-refractivity contribution in [1.29, 1.82) is 0 Å². The van der Waals surface area contributed by atoms with Gasteiger partial charge in [-0.25, -0.2) is 22.0 Å². The Bertz CT molecular complexity index is 477. The lowest BCUT2D eigenvalue weighted by Crippen LogP contribution is -2.45. The summed E-state index contributed by atoms with van der Waals surface area (Å²) in [5.41, 5.74) is -0.731. The third-order valence-electron chi connectivity index (χ3n) is 3.56. The normalized spacial score (nSPS) is 17.4. The standard InChI is InChI=1S/C13H15F5N2.ClH/c1-2-7(20-5-3-19-4-6-20)8-9(14)11(16)13(18)12(17)10(8)15;/h7,19H,2-6H2,1H3;1H/t7-;/m0./s1. The average molecular weight is 331 g/mol. The molecule has 21 heavy (non-hydrogen) atoms. The molecule has 1 heterocycles. The number of nitrogens with zero attached hydrogens (tertiary/aromatic N) is 1. The maximum atomic E-state index is 13.8. The van der Waals surface area contributed by atoms with Gasteiger partial charge in [0, 0.05) is 37.8 Å². The average Bonchev–Trinajstić information content (AvgIpc) is 2.48. The van der Waals surface area contributed by atoms with Gasteiger partial charge in [0.25, 0.3) is 0 Å². The molecule has 2 nitrogen and oxygen atoms in total. The van der Waals surface area contributed by atoms with E-state index >= 15 is 0 Å². The van der Waals surface area contributed by atoms with E-state index in [4.69, 9.17) is 0 Å². The highest BCUT2D eigenvalue weighted by molar-refractivity contribution is 5.85. The van der Waals surface area contributed by atoms with Crippen molar-refractivity contribution in [2.24, 2.45) is 0 Å². The van der Waals surface area contributed by atoms with Crippen LogP contribution in [0.1, 0.15) is 24.9 Å². The van der Waals surface area contributed by atoms with Gasteiger partial charge in [0.15, 0.2) is 23.3 Å². The van der Waals surface area contributed by atoms with E-state index in [1.807, 2.05) is 0 Å². The highest BCUT2D eigenvalue weighted by atomic mass is 35.5. The van der Waals surface area contributed by atoms with Gasteiger partial charge in [0.2, 0.25) is 5.82 Å². The fraction of sp³-hybridized carbons (Fsp3) is 0.538. The summed E-state index contributed by atoms with van der Waals surface area (Å²) < 4.78 is 67.3. The molecule has 1 saturated heterocycles. The van der Waals surface area contributed by atoms with Crippen LogP contribution in [0.2, 0.25) is 0 Å². The van der Waals surface area contributed by atoms with Crippen LogP contribution >= 0.6 is 12.4 Å². The van der Waals surface area contributed by atoms with E-state index < -0.39 is 40.7 Å². The minimum atomic E-state index is -2.11. The number of halogens is 6. The minimum absolute atomic E-state index is 0. The SMILES string of the molecule is CC[C@@H](c1c(F)c(F)c(F)c(F)c1F)N1CCNCC1.Cl. The Morgan fingerprint density at radius 2 is 1.33 bits per heavy atom. The molecule has 1 aromatic rings. The summed E-state index contributed by atoms with van der Waals surface area (Å²) in [6, 6.07) is -0.818. The van der Waals surface area contributed by atoms with Crippen LogP contribution in [0.3, 0.4) is 0 Å². The second-order valence-electron chi connectivity index (χ2n) is 4.69. The van der Waals surface area contributed by atoms with Gasteiger partial charge in [0.1, 0.15) is 0 Å². The molecule has 1 N–H and O–H groups in total. The van der Waals surface area contributed by atoms with Gasteiger partial charge in [-0.15, -0.1) is 12.4 Å². The summed E-state index contributed by atoms with van der Waals surface area (Å²) in [5, 5.41) is 3.07. The van der Waals surface area contributed by atoms with Gasteiger partial charge in [-0.05, 0) is 6.42 Å². The van der Waals surface area contributed by atoms with Crippen LogP contribution < -0.4 is 5.32 Å². The van der Waals surface area contributed by atoms with E-state index in [1.54, 1.807) is 11.8 Å². The van der Waals surface area contributed by atoms with Crippen LogP contribution in [0.4, 0.5) is 22.0 Å². The zero-order valence-corrected chi connectivity index (χ0v) is 12.2. The molecule has 0 radical (unpaired) electrons. The molecule has 0 unspecified atom stereocenters. The Balaban J connectivity index is 0.00000220. The van der Waals surface area contributed by atoms with E-state index in [9.17, 15) is 22.0 Å². The Labute approximate surface area is 125 Å². The van der Waals surface area contributed by atoms with Crippen LogP contribution in [0.5, 0.6) is 0 Å². The molecule has 8 heteroatoms. The van der Waals surface area contributed by atoms with Crippen LogP contribution in [-0.4, -0.2) is 31.1 Å². The van der Waals surface area contributed by atoms with Crippen LogP contribution in [0, 0.1) is 29.1 Å². The number of hydrogen-bond donors (Lipinski definition) is 1. The number of rotatable bonds is 3. The Hall–Kier alpha value is -0.920. The third kappa shape index (κ3) is 3.30. The van der Waals surface area contributed by atoms with Crippen molar-refractivity contribution in [2.45, 2.75) is 19.4 Å². The molecule has 2 rings (SSSR count). The molecule has 0 saturated carbocycles. The zero-order chi connectivity index (χ0) is 14.9. The van der Waals surface area contributed by atoms with Crippen molar-refractivity contribution >= 4 is 12.4 Å². The summed E-state index contributed by atoms with van der Waals surface area (Å²) in [6.45, 7) is 3.89. The van der Waals surface area contributed by atoms with Gasteiger partial charge in [0.05, 0.1) is 0 Å². The Morgan fingerprint density at radius 3 is 1.76 bits per heavy atom. The molecule has 120 valence electrons. The summed E-state index contributed by atoms with van der Waals surface area (Å²) in [5.74, 6) is -9.34. The summed E-state index contributed by atoms with van der Waals surface area (Å²) in [4.78, 5) is 1.73. The fourth-order valence-corrected chi connectivity index (χ4v) is 2.55. The van der Waals surface area contributed by atoms with Crippen molar-refractivity contribution in [2.75, 3.05) is 26.2 Å². The maximum Gasteiger partial charge on any atom is 0.200 e. The number of hydrogen-bond acceptors (Lipinski definition) is 2. The van der Waals surface area contributed by atoms with Crippen molar-refractivity contribution in [3.8, 4) is 0 Å². The molecule has 0 bridgehead atoms. The minimum Gasteiger partial charge on any atom is -0.314 e. The zero-order valence-electron chi connectivity index (χ0n) is 11.4. The molecule has 0 spiro atoms. The third-order valence-corrected chi connectivity index (χ3v) is 3.56. The maximum absolute atomic E-state index is 13.8. The van der Waals surface area contributed by atoms with Gasteiger partial charge in [-0.1, -0.05) is 6.92 Å². The van der Waals surface area contributed by atoms with Crippen LogP contribution in [-0.2, 0) is 0 Å². The quantitative estimate of drug-likeness (QED) is 0.520.